The Bertz CT molecular complexity index is 602. The molecular weight excluding hydrogens is 304 g/mol. The van der Waals surface area contributed by atoms with Gasteiger partial charge in [-0.15, -0.1) is 0 Å². The average Bonchev–Trinajstić information content (AvgIpc) is 3.11. The van der Waals surface area contributed by atoms with Gasteiger partial charge in [0.2, 0.25) is 11.8 Å². The van der Waals surface area contributed by atoms with Crippen LogP contribution >= 0.6 is 0 Å². The van der Waals surface area contributed by atoms with Crippen molar-refractivity contribution < 1.29 is 9.59 Å². The van der Waals surface area contributed by atoms with Crippen molar-refractivity contribution in [1.82, 2.24) is 19.4 Å². The van der Waals surface area contributed by atoms with Crippen molar-refractivity contribution >= 4 is 11.8 Å². The van der Waals surface area contributed by atoms with Gasteiger partial charge in [0.25, 0.3) is 0 Å². The topological polar surface area (TPSA) is 58.4 Å². The normalized spacial score (nSPS) is 23.7. The third-order valence-corrected chi connectivity index (χ3v) is 5.20. The van der Waals surface area contributed by atoms with Crippen LogP contribution in [0.4, 0.5) is 0 Å². The number of amides is 2. The number of carbonyl (C=O) groups excluding carboxylic acids is 2. The first kappa shape index (κ1) is 17.0. The molecule has 0 spiro atoms. The van der Waals surface area contributed by atoms with Crippen LogP contribution in [0.5, 0.6) is 0 Å². The highest BCUT2D eigenvalue weighted by molar-refractivity contribution is 5.82. The molecule has 2 aliphatic rings. The summed E-state index contributed by atoms with van der Waals surface area (Å²) in [5, 5.41) is 0. The van der Waals surface area contributed by atoms with Crippen molar-refractivity contribution in [2.24, 2.45) is 11.8 Å². The van der Waals surface area contributed by atoms with Crippen molar-refractivity contribution in [2.75, 3.05) is 26.2 Å². The number of piperazine rings is 1. The van der Waals surface area contributed by atoms with Crippen LogP contribution < -0.4 is 0 Å². The Balaban J connectivity index is 1.45. The van der Waals surface area contributed by atoms with Gasteiger partial charge in [0.05, 0.1) is 0 Å². The molecule has 1 aliphatic heterocycles. The van der Waals surface area contributed by atoms with Crippen LogP contribution in [-0.4, -0.2) is 57.3 Å². The molecule has 0 radical (unpaired) electrons. The highest BCUT2D eigenvalue weighted by Crippen LogP contribution is 2.39. The van der Waals surface area contributed by atoms with E-state index in [4.69, 9.17) is 0 Å². The van der Waals surface area contributed by atoms with Crippen molar-refractivity contribution in [3.8, 4) is 0 Å². The Morgan fingerprint density at radius 2 is 1.83 bits per heavy atom. The largest absolute Gasteiger partial charge is 0.339 e. The Kier molecular flexibility index (Phi) is 4.92. The highest BCUT2D eigenvalue weighted by atomic mass is 16.2. The summed E-state index contributed by atoms with van der Waals surface area (Å²) in [4.78, 5) is 32.9. The van der Waals surface area contributed by atoms with Crippen molar-refractivity contribution in [1.29, 1.82) is 0 Å². The SMILES string of the molecule is CC(C)c1nccn1CCC(=O)N1CCN(C(=O)[C@H]2C[C@@H]2C)CC1. The van der Waals surface area contributed by atoms with E-state index in [1.807, 2.05) is 16.0 Å². The molecule has 24 heavy (non-hydrogen) atoms. The zero-order valence-corrected chi connectivity index (χ0v) is 14.9. The van der Waals surface area contributed by atoms with Gasteiger partial charge >= 0.3 is 0 Å². The molecule has 1 aliphatic carbocycles. The highest BCUT2D eigenvalue weighted by Gasteiger charge is 2.42. The first-order chi connectivity index (χ1) is 11.5. The summed E-state index contributed by atoms with van der Waals surface area (Å²) < 4.78 is 2.07. The van der Waals surface area contributed by atoms with E-state index in [-0.39, 0.29) is 17.7 Å². The van der Waals surface area contributed by atoms with Crippen LogP contribution in [0.15, 0.2) is 12.4 Å². The standard InChI is InChI=1S/C18H28N4O2/c1-13(2)17-19-5-7-21(17)6-4-16(23)20-8-10-22(11-9-20)18(24)15-12-14(15)3/h5,7,13-15H,4,6,8-12H2,1-3H3/t14-,15-/m0/s1. The average molecular weight is 332 g/mol. The molecule has 132 valence electrons. The van der Waals surface area contributed by atoms with E-state index >= 15 is 0 Å². The quantitative estimate of drug-likeness (QED) is 0.825. The fourth-order valence-corrected chi connectivity index (χ4v) is 3.46. The number of nitrogens with zero attached hydrogens (tertiary/aromatic N) is 4. The summed E-state index contributed by atoms with van der Waals surface area (Å²) in [6.45, 7) is 9.69. The van der Waals surface area contributed by atoms with Crippen LogP contribution in [-0.2, 0) is 16.1 Å². The van der Waals surface area contributed by atoms with E-state index in [0.29, 0.717) is 51.0 Å². The number of hydrogen-bond donors (Lipinski definition) is 0. The lowest BCUT2D eigenvalue weighted by atomic mass is 10.2. The number of imidazole rings is 1. The van der Waals surface area contributed by atoms with E-state index in [9.17, 15) is 9.59 Å². The lowest BCUT2D eigenvalue weighted by Gasteiger charge is -2.35. The first-order valence-corrected chi connectivity index (χ1v) is 9.05. The molecule has 0 aromatic carbocycles. The minimum absolute atomic E-state index is 0.172. The number of hydrogen-bond acceptors (Lipinski definition) is 3. The Morgan fingerprint density at radius 3 is 2.42 bits per heavy atom. The predicted molar refractivity (Wildman–Crippen MR) is 91.4 cm³/mol. The maximum absolute atomic E-state index is 12.4. The predicted octanol–water partition coefficient (Wildman–Crippen LogP) is 1.72. The summed E-state index contributed by atoms with van der Waals surface area (Å²) in [6.07, 6.45) is 5.25. The molecular formula is C18H28N4O2. The fourth-order valence-electron chi connectivity index (χ4n) is 3.46. The van der Waals surface area contributed by atoms with E-state index in [1.54, 1.807) is 6.20 Å². The Hall–Kier alpha value is -1.85. The van der Waals surface area contributed by atoms with Crippen LogP contribution in [0.2, 0.25) is 0 Å². The third kappa shape index (κ3) is 3.62. The second kappa shape index (κ2) is 6.95. The Labute approximate surface area is 143 Å². The van der Waals surface area contributed by atoms with Crippen LogP contribution in [0.25, 0.3) is 0 Å². The summed E-state index contributed by atoms with van der Waals surface area (Å²) in [6, 6.07) is 0. The van der Waals surface area contributed by atoms with E-state index in [2.05, 4.69) is 30.3 Å². The van der Waals surface area contributed by atoms with Crippen LogP contribution in [0, 0.1) is 11.8 Å². The summed E-state index contributed by atoms with van der Waals surface area (Å²) in [5.41, 5.74) is 0. The number of aromatic nitrogens is 2. The van der Waals surface area contributed by atoms with Crippen LogP contribution in [0.3, 0.4) is 0 Å². The van der Waals surface area contributed by atoms with Gasteiger partial charge in [-0.25, -0.2) is 4.98 Å². The molecule has 0 N–H and O–H groups in total. The molecule has 2 fully saturated rings. The van der Waals surface area contributed by atoms with E-state index < -0.39 is 0 Å². The lowest BCUT2D eigenvalue weighted by Crippen LogP contribution is -2.51. The van der Waals surface area contributed by atoms with E-state index in [0.717, 1.165) is 12.2 Å². The molecule has 0 unspecified atom stereocenters. The minimum Gasteiger partial charge on any atom is -0.339 e. The van der Waals surface area contributed by atoms with Crippen molar-refractivity contribution in [2.45, 2.75) is 46.1 Å². The first-order valence-electron chi connectivity index (χ1n) is 9.05. The zero-order valence-electron chi connectivity index (χ0n) is 14.9. The van der Waals surface area contributed by atoms with Crippen LogP contribution in [0.1, 0.15) is 45.4 Å². The number of rotatable bonds is 5. The molecule has 2 amide bonds. The molecule has 1 saturated heterocycles. The fraction of sp³-hybridized carbons (Fsp3) is 0.722. The molecule has 6 heteroatoms. The second-order valence-corrected chi connectivity index (χ2v) is 7.41. The monoisotopic (exact) mass is 332 g/mol. The number of carbonyl (C=O) groups is 2. The molecule has 6 nitrogen and oxygen atoms in total. The molecule has 1 saturated carbocycles. The zero-order chi connectivity index (χ0) is 17.3. The van der Waals surface area contributed by atoms with Gasteiger partial charge in [-0.05, 0) is 12.3 Å². The summed E-state index contributed by atoms with van der Waals surface area (Å²) in [7, 11) is 0. The molecule has 2 atom stereocenters. The van der Waals surface area contributed by atoms with Gasteiger partial charge < -0.3 is 14.4 Å². The molecule has 1 aromatic heterocycles. The molecule has 1 aromatic rings. The van der Waals surface area contributed by atoms with Gasteiger partial charge in [0.1, 0.15) is 5.82 Å². The maximum atomic E-state index is 12.4. The number of aryl methyl sites for hydroxylation is 1. The Morgan fingerprint density at radius 1 is 1.21 bits per heavy atom. The second-order valence-electron chi connectivity index (χ2n) is 7.41. The summed E-state index contributed by atoms with van der Waals surface area (Å²) >= 11 is 0. The van der Waals surface area contributed by atoms with E-state index in [1.165, 1.54) is 0 Å². The maximum Gasteiger partial charge on any atom is 0.226 e. The smallest absolute Gasteiger partial charge is 0.226 e. The molecule has 0 bridgehead atoms. The minimum atomic E-state index is 0.172. The van der Waals surface area contributed by atoms with Gasteiger partial charge in [0.15, 0.2) is 0 Å². The van der Waals surface area contributed by atoms with Gasteiger partial charge in [-0.1, -0.05) is 20.8 Å². The van der Waals surface area contributed by atoms with Gasteiger partial charge in [0, 0.05) is 63.4 Å². The summed E-state index contributed by atoms with van der Waals surface area (Å²) in [5.74, 6) is 2.62. The van der Waals surface area contributed by atoms with Gasteiger partial charge in [-0.2, -0.15) is 0 Å². The third-order valence-electron chi connectivity index (χ3n) is 5.20. The lowest BCUT2D eigenvalue weighted by molar-refractivity contribution is -0.140. The molecule has 3 rings (SSSR count). The molecule has 2 heterocycles. The van der Waals surface area contributed by atoms with Gasteiger partial charge in [-0.3, -0.25) is 9.59 Å². The van der Waals surface area contributed by atoms with Crippen molar-refractivity contribution in [3.05, 3.63) is 18.2 Å². The van der Waals surface area contributed by atoms with Crippen molar-refractivity contribution in [3.63, 3.8) is 0 Å².